The maximum absolute atomic E-state index is 10.9. The van der Waals surface area contributed by atoms with Gasteiger partial charge >= 0.3 is 5.97 Å². The Morgan fingerprint density at radius 3 is 2.95 bits per heavy atom. The zero-order chi connectivity index (χ0) is 13.9. The lowest BCUT2D eigenvalue weighted by Gasteiger charge is -2.01. The Balaban J connectivity index is 1.80. The predicted molar refractivity (Wildman–Crippen MR) is 71.7 cm³/mol. The molecule has 0 aliphatic heterocycles. The molecule has 5 nitrogen and oxygen atoms in total. The fraction of sp³-hybridized carbons (Fsp3) is 0.0667. The van der Waals surface area contributed by atoms with E-state index in [1.54, 1.807) is 42.7 Å². The summed E-state index contributed by atoms with van der Waals surface area (Å²) in [5.74, 6) is 0.326. The Bertz CT molecular complexity index is 749. The van der Waals surface area contributed by atoms with Gasteiger partial charge in [0.25, 0.3) is 0 Å². The maximum atomic E-state index is 10.9. The van der Waals surface area contributed by atoms with Crippen LogP contribution in [0.15, 0.2) is 53.2 Å². The minimum atomic E-state index is -0.957. The molecule has 0 saturated carbocycles. The van der Waals surface area contributed by atoms with E-state index in [0.717, 1.165) is 5.39 Å². The summed E-state index contributed by atoms with van der Waals surface area (Å²) >= 11 is 0. The van der Waals surface area contributed by atoms with Gasteiger partial charge in [0.1, 0.15) is 23.7 Å². The molecular weight excluding hydrogens is 258 g/mol. The molecular formula is C15H11NO4. The van der Waals surface area contributed by atoms with Gasteiger partial charge in [-0.05, 0) is 36.4 Å². The first-order valence-corrected chi connectivity index (χ1v) is 6.01. The average molecular weight is 269 g/mol. The Labute approximate surface area is 114 Å². The molecule has 0 spiro atoms. The second-order valence-electron chi connectivity index (χ2n) is 4.25. The minimum Gasteiger partial charge on any atom is -0.484 e. The van der Waals surface area contributed by atoms with Crippen molar-refractivity contribution in [1.82, 2.24) is 4.98 Å². The van der Waals surface area contributed by atoms with Crippen molar-refractivity contribution >= 4 is 16.9 Å². The third kappa shape index (κ3) is 2.47. The van der Waals surface area contributed by atoms with E-state index >= 15 is 0 Å². The summed E-state index contributed by atoms with van der Waals surface area (Å²) in [6.07, 6.45) is 3.28. The molecule has 0 atom stereocenters. The Hall–Kier alpha value is -2.82. The van der Waals surface area contributed by atoms with Gasteiger partial charge in [0, 0.05) is 11.6 Å². The maximum Gasteiger partial charge on any atom is 0.335 e. The number of nitrogens with zero attached hydrogens (tertiary/aromatic N) is 1. The van der Waals surface area contributed by atoms with Gasteiger partial charge in [-0.1, -0.05) is 0 Å². The van der Waals surface area contributed by atoms with Crippen LogP contribution in [0.25, 0.3) is 11.0 Å². The summed E-state index contributed by atoms with van der Waals surface area (Å²) in [7, 11) is 0. The van der Waals surface area contributed by atoms with Crippen LogP contribution in [0.5, 0.6) is 5.75 Å². The summed E-state index contributed by atoms with van der Waals surface area (Å²) in [5.41, 5.74) is 0.873. The van der Waals surface area contributed by atoms with Gasteiger partial charge < -0.3 is 14.3 Å². The van der Waals surface area contributed by atoms with Crippen molar-refractivity contribution in [2.75, 3.05) is 0 Å². The molecule has 0 radical (unpaired) electrons. The van der Waals surface area contributed by atoms with Crippen molar-refractivity contribution in [3.05, 3.63) is 60.1 Å². The first kappa shape index (κ1) is 12.2. The molecule has 0 bridgehead atoms. The number of hydrogen-bond acceptors (Lipinski definition) is 4. The van der Waals surface area contributed by atoms with Crippen LogP contribution in [0.3, 0.4) is 0 Å². The molecule has 1 aromatic carbocycles. The van der Waals surface area contributed by atoms with Crippen LogP contribution in [0.1, 0.15) is 16.1 Å². The van der Waals surface area contributed by atoms with E-state index in [2.05, 4.69) is 4.98 Å². The SMILES string of the molecule is O=C(O)c1ccc2oc(COc3cccnc3)cc2c1. The highest BCUT2D eigenvalue weighted by Gasteiger charge is 2.08. The van der Waals surface area contributed by atoms with E-state index < -0.39 is 5.97 Å². The number of benzene rings is 1. The third-order valence-electron chi connectivity index (χ3n) is 2.83. The number of pyridine rings is 1. The van der Waals surface area contributed by atoms with Gasteiger partial charge in [0.2, 0.25) is 0 Å². The Morgan fingerprint density at radius 1 is 1.30 bits per heavy atom. The third-order valence-corrected chi connectivity index (χ3v) is 2.83. The molecule has 2 aromatic heterocycles. The number of carbonyl (C=O) groups is 1. The summed E-state index contributed by atoms with van der Waals surface area (Å²) in [4.78, 5) is 14.8. The van der Waals surface area contributed by atoms with Crippen LogP contribution >= 0.6 is 0 Å². The van der Waals surface area contributed by atoms with E-state index in [1.807, 2.05) is 0 Å². The van der Waals surface area contributed by atoms with Gasteiger partial charge in [-0.2, -0.15) is 0 Å². The number of aromatic carboxylic acids is 1. The monoisotopic (exact) mass is 269 g/mol. The van der Waals surface area contributed by atoms with Gasteiger partial charge in [-0.15, -0.1) is 0 Å². The lowest BCUT2D eigenvalue weighted by atomic mass is 10.1. The van der Waals surface area contributed by atoms with Crippen molar-refractivity contribution in [1.29, 1.82) is 0 Å². The first-order valence-electron chi connectivity index (χ1n) is 6.01. The number of aromatic nitrogens is 1. The fourth-order valence-corrected chi connectivity index (χ4v) is 1.89. The molecule has 1 N–H and O–H groups in total. The normalized spacial score (nSPS) is 10.6. The number of carboxylic acids is 1. The molecule has 20 heavy (non-hydrogen) atoms. The second kappa shape index (κ2) is 5.05. The molecule has 100 valence electrons. The van der Waals surface area contributed by atoms with Crippen LogP contribution in [0.2, 0.25) is 0 Å². The lowest BCUT2D eigenvalue weighted by Crippen LogP contribution is -1.94. The molecule has 5 heteroatoms. The number of rotatable bonds is 4. The van der Waals surface area contributed by atoms with Crippen molar-refractivity contribution in [3.63, 3.8) is 0 Å². The summed E-state index contributed by atoms with van der Waals surface area (Å²) < 4.78 is 11.1. The topological polar surface area (TPSA) is 72.6 Å². The quantitative estimate of drug-likeness (QED) is 0.787. The number of furan rings is 1. The Kier molecular flexibility index (Phi) is 3.09. The van der Waals surface area contributed by atoms with E-state index in [4.69, 9.17) is 14.3 Å². The molecule has 2 heterocycles. The predicted octanol–water partition coefficient (Wildman–Crippen LogP) is 3.11. The van der Waals surface area contributed by atoms with Crippen molar-refractivity contribution in [3.8, 4) is 5.75 Å². The molecule has 0 saturated heterocycles. The highest BCUT2D eigenvalue weighted by Crippen LogP contribution is 2.22. The van der Waals surface area contributed by atoms with Crippen molar-refractivity contribution in [2.24, 2.45) is 0 Å². The van der Waals surface area contributed by atoms with Crippen LogP contribution in [-0.2, 0) is 6.61 Å². The summed E-state index contributed by atoms with van der Waals surface area (Å²) in [6.45, 7) is 0.267. The van der Waals surface area contributed by atoms with Crippen LogP contribution in [0.4, 0.5) is 0 Å². The van der Waals surface area contributed by atoms with Gasteiger partial charge in [0.05, 0.1) is 11.8 Å². The van der Waals surface area contributed by atoms with E-state index in [-0.39, 0.29) is 12.2 Å². The van der Waals surface area contributed by atoms with Crippen molar-refractivity contribution in [2.45, 2.75) is 6.61 Å². The van der Waals surface area contributed by atoms with Gasteiger partial charge in [0.15, 0.2) is 0 Å². The smallest absolute Gasteiger partial charge is 0.335 e. The molecule has 0 aliphatic carbocycles. The first-order chi connectivity index (χ1) is 9.72. The zero-order valence-electron chi connectivity index (χ0n) is 10.4. The minimum absolute atomic E-state index is 0.234. The average Bonchev–Trinajstić information content (AvgIpc) is 2.88. The number of carboxylic acid groups (broad SMARTS) is 1. The van der Waals surface area contributed by atoms with E-state index in [1.165, 1.54) is 6.07 Å². The van der Waals surface area contributed by atoms with Crippen LogP contribution in [-0.4, -0.2) is 16.1 Å². The zero-order valence-corrected chi connectivity index (χ0v) is 10.4. The van der Waals surface area contributed by atoms with Crippen LogP contribution in [0, 0.1) is 0 Å². The van der Waals surface area contributed by atoms with E-state index in [9.17, 15) is 4.79 Å². The molecule has 3 rings (SSSR count). The highest BCUT2D eigenvalue weighted by molar-refractivity contribution is 5.93. The standard InChI is InChI=1S/C15H11NO4/c17-15(18)10-3-4-14-11(6-10)7-13(20-14)9-19-12-2-1-5-16-8-12/h1-8H,9H2,(H,17,18). The van der Waals surface area contributed by atoms with Gasteiger partial charge in [-0.3, -0.25) is 4.98 Å². The van der Waals surface area contributed by atoms with Gasteiger partial charge in [-0.25, -0.2) is 4.79 Å². The molecule has 0 unspecified atom stereocenters. The second-order valence-corrected chi connectivity index (χ2v) is 4.25. The molecule has 0 aliphatic rings. The number of fused-ring (bicyclic) bond motifs is 1. The number of hydrogen-bond donors (Lipinski definition) is 1. The van der Waals surface area contributed by atoms with Crippen molar-refractivity contribution < 1.29 is 19.1 Å². The fourth-order valence-electron chi connectivity index (χ4n) is 1.89. The Morgan fingerprint density at radius 2 is 2.20 bits per heavy atom. The summed E-state index contributed by atoms with van der Waals surface area (Å²) in [5, 5.41) is 9.69. The molecule has 0 amide bonds. The highest BCUT2D eigenvalue weighted by atomic mass is 16.5. The lowest BCUT2D eigenvalue weighted by molar-refractivity contribution is 0.0697. The molecule has 0 fully saturated rings. The molecule has 3 aromatic rings. The largest absolute Gasteiger partial charge is 0.484 e. The van der Waals surface area contributed by atoms with E-state index in [0.29, 0.717) is 17.1 Å². The van der Waals surface area contributed by atoms with Crippen LogP contribution < -0.4 is 4.74 Å². The summed E-state index contributed by atoms with van der Waals surface area (Å²) in [6, 6.07) is 10.1. The number of ether oxygens (including phenoxy) is 1.